The molecule has 3 rings (SSSR count). The summed E-state index contributed by atoms with van der Waals surface area (Å²) in [6, 6.07) is 10.4. The van der Waals surface area contributed by atoms with Gasteiger partial charge in [0, 0.05) is 5.69 Å². The van der Waals surface area contributed by atoms with Crippen LogP contribution in [-0.2, 0) is 0 Å². The number of carbonyl (C=O) groups is 1. The lowest BCUT2D eigenvalue weighted by Crippen LogP contribution is -2.19. The predicted octanol–water partition coefficient (Wildman–Crippen LogP) is 3.59. The van der Waals surface area contributed by atoms with Crippen molar-refractivity contribution in [3.63, 3.8) is 0 Å². The summed E-state index contributed by atoms with van der Waals surface area (Å²) in [5.41, 5.74) is 1.38. The van der Waals surface area contributed by atoms with Crippen LogP contribution in [0.1, 0.15) is 11.5 Å². The first-order valence-electron chi connectivity index (χ1n) is 6.66. The van der Waals surface area contributed by atoms with E-state index >= 15 is 0 Å². The van der Waals surface area contributed by atoms with Gasteiger partial charge in [-0.2, -0.15) is 0 Å². The number of rotatable bonds is 3. The number of nitrogens with zero attached hydrogens (tertiary/aromatic N) is 2. The maximum atomic E-state index is 11.8. The fourth-order valence-electron chi connectivity index (χ4n) is 2.01. The summed E-state index contributed by atoms with van der Waals surface area (Å²) in [4.78, 5) is 11.8. The molecule has 0 aliphatic heterocycles. The second-order valence-corrected chi connectivity index (χ2v) is 4.68. The molecule has 2 amide bonds. The molecule has 7 nitrogen and oxygen atoms in total. The molecule has 0 aliphatic carbocycles. The number of furan rings is 1. The number of aryl methyl sites for hydroxylation is 2. The Morgan fingerprint density at radius 1 is 1.05 bits per heavy atom. The van der Waals surface area contributed by atoms with E-state index < -0.39 is 6.03 Å². The summed E-state index contributed by atoms with van der Waals surface area (Å²) in [5, 5.41) is 12.8. The van der Waals surface area contributed by atoms with Gasteiger partial charge in [-0.1, -0.05) is 23.3 Å². The normalized spacial score (nSPS) is 10.5. The van der Waals surface area contributed by atoms with Crippen LogP contribution in [0, 0.1) is 13.8 Å². The molecule has 0 radical (unpaired) electrons. The van der Waals surface area contributed by atoms with Gasteiger partial charge in [-0.3, -0.25) is 5.32 Å². The molecule has 7 heteroatoms. The van der Waals surface area contributed by atoms with Gasteiger partial charge in [0.05, 0.1) is 5.56 Å². The van der Waals surface area contributed by atoms with Gasteiger partial charge in [0.25, 0.3) is 5.89 Å². The maximum Gasteiger partial charge on any atom is 0.327 e. The summed E-state index contributed by atoms with van der Waals surface area (Å²) < 4.78 is 10.8. The summed E-state index contributed by atoms with van der Waals surface area (Å²) in [5.74, 6) is 1.73. The number of urea groups is 1. The molecule has 2 aromatic heterocycles. The first-order chi connectivity index (χ1) is 10.6. The molecule has 0 atom stereocenters. The Hall–Kier alpha value is -3.09. The van der Waals surface area contributed by atoms with Crippen LogP contribution in [0.25, 0.3) is 11.5 Å². The van der Waals surface area contributed by atoms with Crippen molar-refractivity contribution in [1.82, 2.24) is 10.2 Å². The van der Waals surface area contributed by atoms with Crippen LogP contribution < -0.4 is 10.6 Å². The average Bonchev–Trinajstić information content (AvgIpc) is 3.06. The van der Waals surface area contributed by atoms with Crippen molar-refractivity contribution in [1.29, 1.82) is 0 Å². The SMILES string of the molecule is Cc1cc(-c2nnc(NC(=O)Nc3ccccc3)o2)c(C)o1. The summed E-state index contributed by atoms with van der Waals surface area (Å²) in [6.07, 6.45) is 0. The van der Waals surface area contributed by atoms with Gasteiger partial charge in [0.1, 0.15) is 11.5 Å². The van der Waals surface area contributed by atoms with Gasteiger partial charge in [0.15, 0.2) is 0 Å². The zero-order valence-corrected chi connectivity index (χ0v) is 12.1. The van der Waals surface area contributed by atoms with Crippen molar-refractivity contribution in [2.24, 2.45) is 0 Å². The number of aromatic nitrogens is 2. The number of benzene rings is 1. The third-order valence-corrected chi connectivity index (χ3v) is 2.95. The zero-order chi connectivity index (χ0) is 15.5. The Labute approximate surface area is 126 Å². The molecular weight excluding hydrogens is 284 g/mol. The third kappa shape index (κ3) is 2.98. The predicted molar refractivity (Wildman–Crippen MR) is 80.6 cm³/mol. The highest BCUT2D eigenvalue weighted by atomic mass is 16.4. The highest BCUT2D eigenvalue weighted by Gasteiger charge is 2.15. The van der Waals surface area contributed by atoms with Crippen LogP contribution >= 0.6 is 0 Å². The smallest absolute Gasteiger partial charge is 0.327 e. The van der Waals surface area contributed by atoms with E-state index in [1.54, 1.807) is 18.2 Å². The van der Waals surface area contributed by atoms with Crippen molar-refractivity contribution in [3.8, 4) is 11.5 Å². The van der Waals surface area contributed by atoms with Gasteiger partial charge in [0.2, 0.25) is 0 Å². The molecule has 2 N–H and O–H groups in total. The molecule has 0 unspecified atom stereocenters. The van der Waals surface area contributed by atoms with Crippen LogP contribution in [0.5, 0.6) is 0 Å². The van der Waals surface area contributed by atoms with Gasteiger partial charge < -0.3 is 14.2 Å². The lowest BCUT2D eigenvalue weighted by atomic mass is 10.2. The van der Waals surface area contributed by atoms with E-state index in [-0.39, 0.29) is 6.01 Å². The Morgan fingerprint density at radius 2 is 1.82 bits per heavy atom. The monoisotopic (exact) mass is 298 g/mol. The Bertz CT molecular complexity index is 792. The third-order valence-electron chi connectivity index (χ3n) is 2.95. The molecule has 22 heavy (non-hydrogen) atoms. The van der Waals surface area contributed by atoms with E-state index in [1.165, 1.54) is 0 Å². The number of anilines is 2. The van der Waals surface area contributed by atoms with E-state index in [0.717, 1.165) is 5.76 Å². The minimum Gasteiger partial charge on any atom is -0.466 e. The fraction of sp³-hybridized carbons (Fsp3) is 0.133. The van der Waals surface area contributed by atoms with E-state index in [1.807, 2.05) is 32.0 Å². The first-order valence-corrected chi connectivity index (χ1v) is 6.66. The van der Waals surface area contributed by atoms with Crippen molar-refractivity contribution in [2.75, 3.05) is 10.6 Å². The number of para-hydroxylation sites is 1. The maximum absolute atomic E-state index is 11.8. The van der Waals surface area contributed by atoms with Crippen LogP contribution in [0.3, 0.4) is 0 Å². The standard InChI is InChI=1S/C15H14N4O3/c1-9-8-12(10(2)21-9)13-18-19-15(22-13)17-14(20)16-11-6-4-3-5-7-11/h3-8H,1-2H3,(H2,16,17,19,20). The van der Waals surface area contributed by atoms with Gasteiger partial charge in [-0.15, -0.1) is 5.10 Å². The highest BCUT2D eigenvalue weighted by molar-refractivity contribution is 5.98. The first kappa shape index (κ1) is 13.9. The molecule has 0 saturated carbocycles. The second-order valence-electron chi connectivity index (χ2n) is 4.68. The van der Waals surface area contributed by atoms with Crippen LogP contribution in [0.15, 0.2) is 45.2 Å². The van der Waals surface area contributed by atoms with Crippen molar-refractivity contribution in [3.05, 3.63) is 47.9 Å². The lowest BCUT2D eigenvalue weighted by molar-refractivity contribution is 0.261. The van der Waals surface area contributed by atoms with Gasteiger partial charge in [-0.25, -0.2) is 4.79 Å². The minimum atomic E-state index is -0.457. The quantitative estimate of drug-likeness (QED) is 0.770. The molecule has 1 aromatic carbocycles. The number of hydrogen-bond donors (Lipinski definition) is 2. The summed E-state index contributed by atoms with van der Waals surface area (Å²) >= 11 is 0. The zero-order valence-electron chi connectivity index (χ0n) is 12.1. The number of carbonyl (C=O) groups excluding carboxylic acids is 1. The van der Waals surface area contributed by atoms with E-state index in [2.05, 4.69) is 20.8 Å². The topological polar surface area (TPSA) is 93.2 Å². The molecular formula is C15H14N4O3. The molecule has 112 valence electrons. The van der Waals surface area contributed by atoms with Crippen LogP contribution in [0.2, 0.25) is 0 Å². The summed E-state index contributed by atoms with van der Waals surface area (Å²) in [6.45, 7) is 3.64. The molecule has 3 aromatic rings. The second kappa shape index (κ2) is 5.72. The number of hydrogen-bond acceptors (Lipinski definition) is 5. The largest absolute Gasteiger partial charge is 0.466 e. The summed E-state index contributed by atoms with van der Waals surface area (Å²) in [7, 11) is 0. The van der Waals surface area contributed by atoms with E-state index in [0.29, 0.717) is 22.9 Å². The fourth-order valence-corrected chi connectivity index (χ4v) is 2.01. The average molecular weight is 298 g/mol. The van der Waals surface area contributed by atoms with Gasteiger partial charge in [-0.05, 0) is 32.0 Å². The van der Waals surface area contributed by atoms with Crippen molar-refractivity contribution < 1.29 is 13.6 Å². The Kier molecular flexibility index (Phi) is 3.61. The number of amides is 2. The lowest BCUT2D eigenvalue weighted by Gasteiger charge is -2.03. The van der Waals surface area contributed by atoms with Crippen molar-refractivity contribution >= 4 is 17.7 Å². The van der Waals surface area contributed by atoms with Crippen LogP contribution in [0.4, 0.5) is 16.5 Å². The van der Waals surface area contributed by atoms with Crippen molar-refractivity contribution in [2.45, 2.75) is 13.8 Å². The minimum absolute atomic E-state index is 0.0154. The Morgan fingerprint density at radius 3 is 2.50 bits per heavy atom. The van der Waals surface area contributed by atoms with E-state index in [9.17, 15) is 4.79 Å². The molecule has 0 spiro atoms. The highest BCUT2D eigenvalue weighted by Crippen LogP contribution is 2.26. The molecule has 0 saturated heterocycles. The molecule has 0 bridgehead atoms. The molecule has 0 fully saturated rings. The molecule has 0 aliphatic rings. The Balaban J connectivity index is 1.69. The number of nitrogens with one attached hydrogen (secondary N) is 2. The molecule has 2 heterocycles. The van der Waals surface area contributed by atoms with Gasteiger partial charge >= 0.3 is 12.0 Å². The van der Waals surface area contributed by atoms with Crippen LogP contribution in [-0.4, -0.2) is 16.2 Å². The van der Waals surface area contributed by atoms with E-state index in [4.69, 9.17) is 8.83 Å².